The van der Waals surface area contributed by atoms with E-state index in [1.165, 1.54) is 141 Å². The Kier molecular flexibility index (Phi) is 19.9. The van der Waals surface area contributed by atoms with Crippen LogP contribution >= 0.6 is 0 Å². The van der Waals surface area contributed by atoms with E-state index in [1.807, 2.05) is 0 Å². The van der Waals surface area contributed by atoms with Gasteiger partial charge in [-0.3, -0.25) is 0 Å². The van der Waals surface area contributed by atoms with Crippen molar-refractivity contribution >= 4 is 23.6 Å². The van der Waals surface area contributed by atoms with Crippen LogP contribution in [0.4, 0.5) is 0 Å². The zero-order valence-electron chi connectivity index (χ0n) is 38.1. The van der Waals surface area contributed by atoms with Gasteiger partial charge in [-0.2, -0.15) is 0 Å². The second-order valence-corrected chi connectivity index (χ2v) is 17.4. The lowest BCUT2D eigenvalue weighted by Gasteiger charge is -2.35. The Hall–Kier alpha value is -3.22. The molecule has 5 rings (SSSR count). The summed E-state index contributed by atoms with van der Waals surface area (Å²) in [6, 6.07) is 4.15. The summed E-state index contributed by atoms with van der Waals surface area (Å²) in [6.45, 7) is 10.2. The molecule has 0 saturated heterocycles. The summed E-state index contributed by atoms with van der Waals surface area (Å²) >= 11 is 0. The van der Waals surface area contributed by atoms with E-state index in [-0.39, 0.29) is 12.2 Å². The van der Waals surface area contributed by atoms with Gasteiger partial charge in [0.2, 0.25) is 0 Å². The molecule has 4 unspecified atom stereocenters. The molecule has 6 heteroatoms. The fourth-order valence-corrected chi connectivity index (χ4v) is 8.60. The summed E-state index contributed by atoms with van der Waals surface area (Å²) in [5, 5.41) is 5.86. The number of allylic oxidation sites excluding steroid dienone is 5. The molecule has 0 amide bonds. The van der Waals surface area contributed by atoms with Gasteiger partial charge in [0.15, 0.2) is 0 Å². The number of hydrogen-bond donors (Lipinski definition) is 2. The molecule has 4 aliphatic heterocycles. The van der Waals surface area contributed by atoms with Gasteiger partial charge in [-0.25, -0.2) is 9.98 Å². The van der Waals surface area contributed by atoms with Crippen LogP contribution in [0.25, 0.3) is 12.2 Å². The molecule has 5 heterocycles. The number of nitrogens with one attached hydrogen (secondary N) is 2. The van der Waals surface area contributed by atoms with Crippen molar-refractivity contribution in [1.29, 1.82) is 0 Å². The highest BCUT2D eigenvalue weighted by molar-refractivity contribution is 6.20. The third-order valence-electron chi connectivity index (χ3n) is 12.3. The molecule has 8 bridgehead atoms. The summed E-state index contributed by atoms with van der Waals surface area (Å²) in [6.07, 6.45) is 47.0. The second-order valence-electron chi connectivity index (χ2n) is 17.4. The number of nitrogens with zero attached hydrogens (tertiary/aromatic N) is 2. The van der Waals surface area contributed by atoms with E-state index in [2.05, 4.69) is 98.7 Å². The number of ether oxygens (including phenoxy) is 2. The van der Waals surface area contributed by atoms with E-state index in [0.717, 1.165) is 57.6 Å². The van der Waals surface area contributed by atoms with Crippen LogP contribution in [0.5, 0.6) is 0 Å². The number of fused-ring (bicyclic) bond motifs is 6. The van der Waals surface area contributed by atoms with Crippen LogP contribution in [0.3, 0.4) is 0 Å². The Balaban J connectivity index is 1.23. The molecule has 0 radical (unpaired) electrons. The first-order chi connectivity index (χ1) is 28.9. The van der Waals surface area contributed by atoms with Gasteiger partial charge in [-0.05, 0) is 93.0 Å². The molecule has 0 spiro atoms. The molecular formula is C52H80N4O2. The van der Waals surface area contributed by atoms with Crippen LogP contribution in [0.1, 0.15) is 190 Å². The van der Waals surface area contributed by atoms with Crippen molar-refractivity contribution in [3.63, 3.8) is 0 Å². The third-order valence-corrected chi connectivity index (χ3v) is 12.3. The topological polar surface area (TPSA) is 71.0 Å². The third kappa shape index (κ3) is 15.8. The van der Waals surface area contributed by atoms with Gasteiger partial charge >= 0.3 is 0 Å². The first-order valence-electron chi connectivity index (χ1n) is 24.5. The molecule has 0 fully saturated rings. The summed E-state index contributed by atoms with van der Waals surface area (Å²) in [5.41, 5.74) is 4.48. The molecule has 320 valence electrons. The number of H-pyrrole nitrogens is 1. The zero-order valence-corrected chi connectivity index (χ0v) is 37.1. The van der Waals surface area contributed by atoms with Crippen molar-refractivity contribution < 1.29 is 10.8 Å². The normalized spacial score (nSPS) is 23.9. The number of aliphatic imine (C=N–C) groups is 2. The second kappa shape index (κ2) is 26.1. The van der Waals surface area contributed by atoms with Crippen molar-refractivity contribution in [2.45, 2.75) is 206 Å². The molecular weight excluding hydrogens is 713 g/mol. The van der Waals surface area contributed by atoms with Gasteiger partial charge in [0, 0.05) is 37.4 Å². The first-order valence-corrected chi connectivity index (χ1v) is 24.0. The van der Waals surface area contributed by atoms with Gasteiger partial charge < -0.3 is 19.8 Å². The largest absolute Gasteiger partial charge is 0.376 e. The minimum Gasteiger partial charge on any atom is -0.376 e. The smallest absolute Gasteiger partial charge is 0.0878 e. The lowest BCUT2D eigenvalue weighted by Crippen LogP contribution is -2.49. The van der Waals surface area contributed by atoms with Gasteiger partial charge in [-0.1, -0.05) is 155 Å². The Morgan fingerprint density at radius 1 is 0.586 bits per heavy atom. The summed E-state index contributed by atoms with van der Waals surface area (Å²) < 4.78 is 23.4. The number of rotatable bonds is 30. The van der Waals surface area contributed by atoms with Gasteiger partial charge in [0.1, 0.15) is 0 Å². The Morgan fingerprint density at radius 3 is 1.55 bits per heavy atom. The molecule has 6 nitrogen and oxygen atoms in total. The number of aromatic nitrogens is 1. The van der Waals surface area contributed by atoms with Crippen LogP contribution in [0, 0.1) is 0 Å². The fraction of sp³-hybridized carbons (Fsp3) is 0.654. The van der Waals surface area contributed by atoms with Crippen LogP contribution in [0.15, 0.2) is 81.2 Å². The molecule has 4 aliphatic rings. The average molecular weight is 794 g/mol. The number of aromatic amines is 1. The lowest BCUT2D eigenvalue weighted by atomic mass is 9.86. The molecule has 0 aromatic carbocycles. The molecule has 0 saturated carbocycles. The van der Waals surface area contributed by atoms with Crippen molar-refractivity contribution in [2.75, 3.05) is 13.2 Å². The maximum absolute atomic E-state index is 10.0. The predicted octanol–water partition coefficient (Wildman–Crippen LogP) is 12.6. The lowest BCUT2D eigenvalue weighted by molar-refractivity contribution is 0.0163. The van der Waals surface area contributed by atoms with E-state index in [4.69, 9.17) is 19.5 Å². The highest BCUT2D eigenvalue weighted by Crippen LogP contribution is 2.38. The van der Waals surface area contributed by atoms with Crippen LogP contribution in [-0.4, -0.2) is 47.4 Å². The van der Waals surface area contributed by atoms with Gasteiger partial charge in [0.05, 0.1) is 40.6 Å². The number of hydrogen-bond acceptors (Lipinski definition) is 5. The summed E-state index contributed by atoms with van der Waals surface area (Å²) in [4.78, 5) is 13.5. The van der Waals surface area contributed by atoms with Crippen LogP contribution in [0.2, 0.25) is 0 Å². The van der Waals surface area contributed by atoms with E-state index < -0.39 is 11.9 Å². The number of unbranched alkanes of at least 4 members (excludes halogenated alkanes) is 22. The maximum atomic E-state index is 10.0. The Bertz CT molecular complexity index is 1760. The first kappa shape index (κ1) is 44.3. The minimum atomic E-state index is -0.844. The standard InChI is InChI=1S/C52H80N4O2/c1-5-7-9-11-13-15-17-19-21-23-25-27-35-57-42(3)50-41-52(43(4)58-36-28-26-24-22-20-18-16-14-12-10-8-6-2)40-49-34-33-47(55-49)38-45-30-29-44(53-45)37-46-31-32-48(54-46)39-51(50)56-52/h29-34,37-40,42-43,53,56H,5-28,35-36,41H2,1-4H3/b44-37-,45-38-,48-39-,49-40-/i41D. The maximum Gasteiger partial charge on any atom is 0.0878 e. The molecule has 4 atom stereocenters. The molecule has 1 aromatic heterocycles. The van der Waals surface area contributed by atoms with E-state index in [0.29, 0.717) is 13.2 Å². The van der Waals surface area contributed by atoms with E-state index >= 15 is 0 Å². The van der Waals surface area contributed by atoms with Crippen molar-refractivity contribution in [1.82, 2.24) is 10.3 Å². The molecule has 2 N–H and O–H groups in total. The molecule has 58 heavy (non-hydrogen) atoms. The quantitative estimate of drug-likeness (QED) is 0.0762. The summed E-state index contributed by atoms with van der Waals surface area (Å²) in [7, 11) is 0. The highest BCUT2D eigenvalue weighted by Gasteiger charge is 2.43. The minimum absolute atomic E-state index is 0.237. The predicted molar refractivity (Wildman–Crippen MR) is 249 cm³/mol. The van der Waals surface area contributed by atoms with Crippen LogP contribution < -0.4 is 16.0 Å². The Morgan fingerprint density at radius 2 is 1.03 bits per heavy atom. The zero-order chi connectivity index (χ0) is 41.5. The van der Waals surface area contributed by atoms with Gasteiger partial charge in [0.25, 0.3) is 0 Å². The Labute approximate surface area is 354 Å². The highest BCUT2D eigenvalue weighted by atomic mass is 16.5. The van der Waals surface area contributed by atoms with E-state index in [1.54, 1.807) is 0 Å². The van der Waals surface area contributed by atoms with Crippen molar-refractivity contribution in [3.8, 4) is 0 Å². The van der Waals surface area contributed by atoms with Gasteiger partial charge in [-0.15, -0.1) is 0 Å². The summed E-state index contributed by atoms with van der Waals surface area (Å²) in [5.74, 6) is 0. The fourth-order valence-electron chi connectivity index (χ4n) is 8.60. The van der Waals surface area contributed by atoms with E-state index in [9.17, 15) is 1.37 Å². The SMILES string of the molecule is [2H]C1C(C(C)OCCCCCCCCCCCCCC)=C2/C=C3/C=CC(=N3)/C=c3/cc/c([nH]3)=C/C3=NC(=C\C1(C(C)OCCCCCCCCCCCCCC)N2)/C=C3. The van der Waals surface area contributed by atoms with Crippen molar-refractivity contribution in [2.24, 2.45) is 9.98 Å². The monoisotopic (exact) mass is 794 g/mol. The average Bonchev–Trinajstić information content (AvgIpc) is 4.03. The van der Waals surface area contributed by atoms with Crippen LogP contribution in [-0.2, 0) is 9.47 Å². The molecule has 1 aromatic rings. The van der Waals surface area contributed by atoms with Crippen molar-refractivity contribution in [3.05, 3.63) is 82.0 Å². The molecule has 0 aliphatic carbocycles.